The number of amides is 1. The van der Waals surface area contributed by atoms with E-state index in [1.165, 1.54) is 18.6 Å². The lowest BCUT2D eigenvalue weighted by molar-refractivity contribution is 0.0910. The molecule has 0 saturated heterocycles. The van der Waals surface area contributed by atoms with Crippen molar-refractivity contribution in [2.24, 2.45) is 5.92 Å². The molecular formula is C22H28N2O4S. The second-order valence-corrected chi connectivity index (χ2v) is 9.11. The third kappa shape index (κ3) is 5.50. The van der Waals surface area contributed by atoms with Crippen LogP contribution in [0.25, 0.3) is 0 Å². The van der Waals surface area contributed by atoms with Crippen LogP contribution in [0.1, 0.15) is 49.9 Å². The maximum absolute atomic E-state index is 12.6. The van der Waals surface area contributed by atoms with Crippen LogP contribution in [-0.4, -0.2) is 27.0 Å². The Balaban J connectivity index is 1.65. The zero-order valence-electron chi connectivity index (χ0n) is 16.9. The number of anilines is 1. The predicted octanol–water partition coefficient (Wildman–Crippen LogP) is 4.19. The van der Waals surface area contributed by atoms with Crippen molar-refractivity contribution in [1.29, 1.82) is 0 Å². The van der Waals surface area contributed by atoms with Crippen LogP contribution in [0.15, 0.2) is 53.4 Å². The van der Waals surface area contributed by atoms with E-state index in [1.54, 1.807) is 36.4 Å². The smallest absolute Gasteiger partial charge is 0.261 e. The first-order chi connectivity index (χ1) is 13.9. The van der Waals surface area contributed by atoms with Gasteiger partial charge in [-0.05, 0) is 74.2 Å². The molecule has 3 rings (SSSR count). The molecule has 2 aromatic rings. The number of nitrogens with one attached hydrogen (secondary N) is 2. The van der Waals surface area contributed by atoms with Crippen molar-refractivity contribution in [2.75, 3.05) is 11.3 Å². The van der Waals surface area contributed by atoms with Crippen LogP contribution in [0, 0.1) is 5.92 Å². The zero-order valence-corrected chi connectivity index (χ0v) is 17.7. The molecule has 6 nitrogen and oxygen atoms in total. The second-order valence-electron chi connectivity index (χ2n) is 7.43. The average Bonchev–Trinajstić information content (AvgIpc) is 2.71. The van der Waals surface area contributed by atoms with Gasteiger partial charge in [0, 0.05) is 17.3 Å². The summed E-state index contributed by atoms with van der Waals surface area (Å²) in [4.78, 5) is 12.6. The number of carbonyl (C=O) groups excluding carboxylic acids is 1. The molecule has 0 aliphatic heterocycles. The van der Waals surface area contributed by atoms with Crippen LogP contribution in [0.2, 0.25) is 0 Å². The highest BCUT2D eigenvalue weighted by Gasteiger charge is 2.23. The summed E-state index contributed by atoms with van der Waals surface area (Å²) < 4.78 is 33.1. The fourth-order valence-electron chi connectivity index (χ4n) is 3.57. The molecule has 0 heterocycles. The fourth-order valence-corrected chi connectivity index (χ4v) is 4.63. The number of ether oxygens (including phenoxy) is 1. The first-order valence-electron chi connectivity index (χ1n) is 10.1. The molecule has 7 heteroatoms. The van der Waals surface area contributed by atoms with Gasteiger partial charge < -0.3 is 10.1 Å². The summed E-state index contributed by atoms with van der Waals surface area (Å²) in [7, 11) is -3.74. The first-order valence-corrected chi connectivity index (χ1v) is 11.5. The maximum Gasteiger partial charge on any atom is 0.261 e. The summed E-state index contributed by atoms with van der Waals surface area (Å²) in [6, 6.07) is 12.9. The molecule has 1 amide bonds. The van der Waals surface area contributed by atoms with Crippen molar-refractivity contribution in [3.63, 3.8) is 0 Å². The highest BCUT2D eigenvalue weighted by Crippen LogP contribution is 2.24. The summed E-state index contributed by atoms with van der Waals surface area (Å²) in [5.74, 6) is 0.982. The Bertz CT molecular complexity index is 924. The van der Waals surface area contributed by atoms with E-state index in [2.05, 4.69) is 17.0 Å². The van der Waals surface area contributed by atoms with Gasteiger partial charge >= 0.3 is 0 Å². The van der Waals surface area contributed by atoms with E-state index in [4.69, 9.17) is 4.74 Å². The van der Waals surface area contributed by atoms with Crippen LogP contribution in [0.4, 0.5) is 5.69 Å². The van der Waals surface area contributed by atoms with E-state index in [0.29, 0.717) is 29.5 Å². The van der Waals surface area contributed by atoms with Gasteiger partial charge in [-0.1, -0.05) is 19.8 Å². The maximum atomic E-state index is 12.6. The van der Waals surface area contributed by atoms with E-state index < -0.39 is 10.0 Å². The zero-order chi connectivity index (χ0) is 20.9. The second kappa shape index (κ2) is 9.31. The number of carbonyl (C=O) groups is 1. The molecule has 29 heavy (non-hydrogen) atoms. The van der Waals surface area contributed by atoms with E-state index in [0.717, 1.165) is 19.3 Å². The molecule has 1 aliphatic rings. The lowest BCUT2D eigenvalue weighted by Crippen LogP contribution is -2.41. The Morgan fingerprint density at radius 3 is 2.31 bits per heavy atom. The van der Waals surface area contributed by atoms with Gasteiger partial charge in [0.15, 0.2) is 0 Å². The minimum absolute atomic E-state index is 0.106. The monoisotopic (exact) mass is 416 g/mol. The van der Waals surface area contributed by atoms with Crippen molar-refractivity contribution in [3.05, 3.63) is 54.1 Å². The first kappa shape index (κ1) is 21.2. The normalized spacial score (nSPS) is 19.4. The summed E-state index contributed by atoms with van der Waals surface area (Å²) in [6.45, 7) is 4.59. The van der Waals surface area contributed by atoms with Crippen LogP contribution < -0.4 is 14.8 Å². The molecule has 1 saturated carbocycles. The van der Waals surface area contributed by atoms with Gasteiger partial charge in [0.25, 0.3) is 15.9 Å². The number of benzene rings is 2. The Labute approximate surface area is 172 Å². The van der Waals surface area contributed by atoms with Gasteiger partial charge in [0.05, 0.1) is 11.5 Å². The van der Waals surface area contributed by atoms with Gasteiger partial charge in [-0.3, -0.25) is 9.52 Å². The van der Waals surface area contributed by atoms with Crippen molar-refractivity contribution in [3.8, 4) is 5.75 Å². The van der Waals surface area contributed by atoms with Crippen molar-refractivity contribution in [1.82, 2.24) is 5.32 Å². The van der Waals surface area contributed by atoms with E-state index in [9.17, 15) is 13.2 Å². The Hall–Kier alpha value is -2.54. The SMILES string of the molecule is CCOc1ccc(NS(=O)(=O)c2ccc(C(=O)NC3CCCCC3C)cc2)cc1. The Kier molecular flexibility index (Phi) is 6.79. The minimum atomic E-state index is -3.74. The van der Waals surface area contributed by atoms with Crippen molar-refractivity contribution in [2.45, 2.75) is 50.5 Å². The van der Waals surface area contributed by atoms with E-state index >= 15 is 0 Å². The number of hydrogen-bond acceptors (Lipinski definition) is 4. The van der Waals surface area contributed by atoms with Gasteiger partial charge in [-0.15, -0.1) is 0 Å². The van der Waals surface area contributed by atoms with Gasteiger partial charge in [0.1, 0.15) is 5.75 Å². The van der Waals surface area contributed by atoms with Crippen molar-refractivity contribution >= 4 is 21.6 Å². The molecule has 2 N–H and O–H groups in total. The third-order valence-electron chi connectivity index (χ3n) is 5.27. The minimum Gasteiger partial charge on any atom is -0.494 e. The summed E-state index contributed by atoms with van der Waals surface area (Å²) in [5, 5.41) is 3.08. The Morgan fingerprint density at radius 2 is 1.69 bits per heavy atom. The van der Waals surface area contributed by atoms with Gasteiger partial charge in [0.2, 0.25) is 0 Å². The van der Waals surface area contributed by atoms with Crippen LogP contribution in [0.3, 0.4) is 0 Å². The summed E-state index contributed by atoms with van der Waals surface area (Å²) in [5.41, 5.74) is 0.907. The molecule has 1 aliphatic carbocycles. The lowest BCUT2D eigenvalue weighted by atomic mass is 9.86. The van der Waals surface area contributed by atoms with E-state index in [1.807, 2.05) is 6.92 Å². The van der Waals surface area contributed by atoms with Gasteiger partial charge in [-0.2, -0.15) is 0 Å². The molecule has 0 bridgehead atoms. The molecule has 0 aromatic heterocycles. The molecule has 2 unspecified atom stereocenters. The molecule has 2 aromatic carbocycles. The average molecular weight is 417 g/mol. The molecule has 0 radical (unpaired) electrons. The molecule has 1 fully saturated rings. The van der Waals surface area contributed by atoms with Gasteiger partial charge in [-0.25, -0.2) is 8.42 Å². The van der Waals surface area contributed by atoms with Crippen molar-refractivity contribution < 1.29 is 17.9 Å². The molecular weight excluding hydrogens is 388 g/mol. The third-order valence-corrected chi connectivity index (χ3v) is 6.67. The number of hydrogen-bond donors (Lipinski definition) is 2. The largest absolute Gasteiger partial charge is 0.494 e. The van der Waals surface area contributed by atoms with Crippen LogP contribution >= 0.6 is 0 Å². The number of rotatable bonds is 7. The number of sulfonamides is 1. The lowest BCUT2D eigenvalue weighted by Gasteiger charge is -2.29. The van der Waals surface area contributed by atoms with E-state index in [-0.39, 0.29) is 16.8 Å². The molecule has 156 valence electrons. The van der Waals surface area contributed by atoms with Crippen LogP contribution in [0.5, 0.6) is 5.75 Å². The topological polar surface area (TPSA) is 84.5 Å². The molecule has 2 atom stereocenters. The van der Waals surface area contributed by atoms with Crippen LogP contribution in [-0.2, 0) is 10.0 Å². The summed E-state index contributed by atoms with van der Waals surface area (Å²) in [6.07, 6.45) is 4.45. The molecule has 0 spiro atoms. The quantitative estimate of drug-likeness (QED) is 0.709. The summed E-state index contributed by atoms with van der Waals surface area (Å²) >= 11 is 0. The Morgan fingerprint density at radius 1 is 1.03 bits per heavy atom. The highest BCUT2D eigenvalue weighted by atomic mass is 32.2. The standard InChI is InChI=1S/C22H28N2O4S/c1-3-28-19-12-10-18(11-13-19)24-29(26,27)20-14-8-17(9-15-20)22(25)23-21-7-5-4-6-16(21)2/h8-16,21,24H,3-7H2,1-2H3,(H,23,25). The fraction of sp³-hybridized carbons (Fsp3) is 0.409. The highest BCUT2D eigenvalue weighted by molar-refractivity contribution is 7.92. The predicted molar refractivity (Wildman–Crippen MR) is 114 cm³/mol.